The third kappa shape index (κ3) is 7.40. The van der Waals surface area contributed by atoms with Gasteiger partial charge in [-0.15, -0.1) is 0 Å². The molecule has 0 atom stereocenters. The minimum atomic E-state index is -0.845. The van der Waals surface area contributed by atoms with Gasteiger partial charge < -0.3 is 20.6 Å². The van der Waals surface area contributed by atoms with Crippen LogP contribution in [-0.4, -0.2) is 60.5 Å². The van der Waals surface area contributed by atoms with E-state index in [1.807, 2.05) is 0 Å². The molecular weight excluding hydrogens is 250 g/mol. The van der Waals surface area contributed by atoms with Gasteiger partial charge in [0.1, 0.15) is 0 Å². The van der Waals surface area contributed by atoms with E-state index in [1.54, 1.807) is 7.05 Å². The van der Waals surface area contributed by atoms with Crippen LogP contribution < -0.4 is 10.6 Å². The fourth-order valence-corrected chi connectivity index (χ4v) is 1.50. The molecule has 0 saturated heterocycles. The second-order valence-corrected chi connectivity index (χ2v) is 4.77. The Bertz CT molecular complexity index is 342. The first-order valence-electron chi connectivity index (χ1n) is 6.45. The van der Waals surface area contributed by atoms with Crippen molar-refractivity contribution in [2.75, 3.05) is 26.7 Å². The molecule has 1 aliphatic carbocycles. The topological polar surface area (TPSA) is 98.7 Å². The van der Waals surface area contributed by atoms with Crippen LogP contribution in [-0.2, 0) is 14.4 Å². The maximum atomic E-state index is 11.6. The van der Waals surface area contributed by atoms with Crippen molar-refractivity contribution in [2.45, 2.75) is 31.7 Å². The van der Waals surface area contributed by atoms with Crippen LogP contribution in [0.2, 0.25) is 0 Å². The molecule has 19 heavy (non-hydrogen) atoms. The summed E-state index contributed by atoms with van der Waals surface area (Å²) < 4.78 is 0. The number of carboxylic acid groups (broad SMARTS) is 1. The van der Waals surface area contributed by atoms with E-state index in [0.717, 1.165) is 12.8 Å². The minimum Gasteiger partial charge on any atom is -0.481 e. The van der Waals surface area contributed by atoms with Crippen molar-refractivity contribution >= 4 is 17.8 Å². The van der Waals surface area contributed by atoms with Crippen LogP contribution >= 0.6 is 0 Å². The van der Waals surface area contributed by atoms with Crippen LogP contribution in [0.3, 0.4) is 0 Å². The molecule has 1 aliphatic rings. The lowest BCUT2D eigenvalue weighted by Crippen LogP contribution is -2.42. The molecule has 0 aliphatic heterocycles. The van der Waals surface area contributed by atoms with Crippen LogP contribution in [0.1, 0.15) is 25.7 Å². The van der Waals surface area contributed by atoms with Gasteiger partial charge in [-0.25, -0.2) is 0 Å². The molecule has 7 heteroatoms. The first-order chi connectivity index (χ1) is 8.99. The molecule has 0 spiro atoms. The first kappa shape index (κ1) is 15.4. The quantitative estimate of drug-likeness (QED) is 0.476. The molecule has 3 N–H and O–H groups in total. The summed E-state index contributed by atoms with van der Waals surface area (Å²) in [7, 11) is 1.58. The summed E-state index contributed by atoms with van der Waals surface area (Å²) in [4.78, 5) is 34.7. The van der Waals surface area contributed by atoms with E-state index in [2.05, 4.69) is 10.6 Å². The number of carbonyl (C=O) groups excluding carboxylic acids is 2. The van der Waals surface area contributed by atoms with Gasteiger partial charge >= 0.3 is 5.97 Å². The lowest BCUT2D eigenvalue weighted by atomic mass is 10.3. The highest BCUT2D eigenvalue weighted by Crippen LogP contribution is 2.18. The van der Waals surface area contributed by atoms with Gasteiger partial charge in [-0.1, -0.05) is 0 Å². The molecular formula is C12H21N3O4. The molecule has 0 aromatic carbocycles. The fraction of sp³-hybridized carbons (Fsp3) is 0.750. The van der Waals surface area contributed by atoms with Crippen molar-refractivity contribution in [3.63, 3.8) is 0 Å². The molecule has 7 nitrogen and oxygen atoms in total. The summed E-state index contributed by atoms with van der Waals surface area (Å²) in [6.45, 7) is 0.652. The number of amides is 2. The Balaban J connectivity index is 2.06. The summed E-state index contributed by atoms with van der Waals surface area (Å²) >= 11 is 0. The van der Waals surface area contributed by atoms with Crippen LogP contribution in [0.4, 0.5) is 0 Å². The standard InChI is InChI=1S/C12H21N3O4/c1-15(8-10(16)14-9-4-5-9)11(17)7-13-6-2-3-12(18)19/h9,13H,2-8H2,1H3,(H,14,16)(H,18,19). The molecule has 0 bridgehead atoms. The third-order valence-electron chi connectivity index (χ3n) is 2.77. The monoisotopic (exact) mass is 271 g/mol. The normalized spacial score (nSPS) is 13.9. The van der Waals surface area contributed by atoms with Gasteiger partial charge in [-0.3, -0.25) is 14.4 Å². The van der Waals surface area contributed by atoms with E-state index < -0.39 is 5.97 Å². The van der Waals surface area contributed by atoms with Crippen molar-refractivity contribution in [1.82, 2.24) is 15.5 Å². The molecule has 0 aromatic heterocycles. The Kier molecular flexibility index (Phi) is 6.27. The van der Waals surface area contributed by atoms with E-state index in [1.165, 1.54) is 4.90 Å². The highest BCUT2D eigenvalue weighted by Gasteiger charge is 2.24. The predicted molar refractivity (Wildman–Crippen MR) is 68.5 cm³/mol. The molecule has 1 rings (SSSR count). The van der Waals surface area contributed by atoms with Crippen LogP contribution in [0, 0.1) is 0 Å². The predicted octanol–water partition coefficient (Wildman–Crippen LogP) is -0.822. The average molecular weight is 271 g/mol. The van der Waals surface area contributed by atoms with Crippen molar-refractivity contribution in [2.24, 2.45) is 0 Å². The highest BCUT2D eigenvalue weighted by atomic mass is 16.4. The van der Waals surface area contributed by atoms with E-state index in [9.17, 15) is 14.4 Å². The molecule has 108 valence electrons. The maximum Gasteiger partial charge on any atom is 0.303 e. The first-order valence-corrected chi connectivity index (χ1v) is 6.45. The number of hydrogen-bond donors (Lipinski definition) is 3. The van der Waals surface area contributed by atoms with Gasteiger partial charge in [-0.2, -0.15) is 0 Å². The van der Waals surface area contributed by atoms with Crippen molar-refractivity contribution < 1.29 is 19.5 Å². The van der Waals surface area contributed by atoms with Crippen molar-refractivity contribution in [3.05, 3.63) is 0 Å². The summed E-state index contributed by atoms with van der Waals surface area (Å²) in [5.74, 6) is -1.16. The smallest absolute Gasteiger partial charge is 0.303 e. The molecule has 0 aromatic rings. The molecule has 2 amide bonds. The number of rotatable bonds is 9. The van der Waals surface area contributed by atoms with Crippen LogP contribution in [0.15, 0.2) is 0 Å². The molecule has 0 unspecified atom stereocenters. The number of nitrogens with zero attached hydrogens (tertiary/aromatic N) is 1. The molecule has 1 saturated carbocycles. The fourth-order valence-electron chi connectivity index (χ4n) is 1.50. The highest BCUT2D eigenvalue weighted by molar-refractivity contribution is 5.85. The minimum absolute atomic E-state index is 0.0616. The van der Waals surface area contributed by atoms with Gasteiger partial charge in [0.05, 0.1) is 13.1 Å². The van der Waals surface area contributed by atoms with Crippen LogP contribution in [0.25, 0.3) is 0 Å². The Morgan fingerprint density at radius 3 is 2.58 bits per heavy atom. The zero-order valence-corrected chi connectivity index (χ0v) is 11.1. The van der Waals surface area contributed by atoms with E-state index in [4.69, 9.17) is 5.11 Å². The Morgan fingerprint density at radius 1 is 1.32 bits per heavy atom. The zero-order chi connectivity index (χ0) is 14.3. The molecule has 0 radical (unpaired) electrons. The van der Waals surface area contributed by atoms with Gasteiger partial charge in [0, 0.05) is 19.5 Å². The summed E-state index contributed by atoms with van der Waals surface area (Å²) in [5.41, 5.74) is 0. The second kappa shape index (κ2) is 7.73. The lowest BCUT2D eigenvalue weighted by molar-refractivity contribution is -0.137. The summed E-state index contributed by atoms with van der Waals surface area (Å²) in [6.07, 6.45) is 2.61. The molecule has 0 heterocycles. The van der Waals surface area contributed by atoms with Gasteiger partial charge in [0.15, 0.2) is 0 Å². The van der Waals surface area contributed by atoms with Gasteiger partial charge in [0.2, 0.25) is 11.8 Å². The van der Waals surface area contributed by atoms with Crippen molar-refractivity contribution in [3.8, 4) is 0 Å². The average Bonchev–Trinajstić information content (AvgIpc) is 3.11. The summed E-state index contributed by atoms with van der Waals surface area (Å²) in [5, 5.41) is 14.1. The summed E-state index contributed by atoms with van der Waals surface area (Å²) in [6, 6.07) is 0.296. The molecule has 1 fully saturated rings. The van der Waals surface area contributed by atoms with E-state index in [-0.39, 0.29) is 31.3 Å². The number of carbonyl (C=O) groups is 3. The SMILES string of the molecule is CN(CC(=O)NC1CC1)C(=O)CNCCCC(=O)O. The number of hydrogen-bond acceptors (Lipinski definition) is 4. The van der Waals surface area contributed by atoms with Gasteiger partial charge in [0.25, 0.3) is 0 Å². The Morgan fingerprint density at radius 2 is 2.00 bits per heavy atom. The second-order valence-electron chi connectivity index (χ2n) is 4.77. The number of likely N-dealkylation sites (N-methyl/N-ethyl adjacent to an activating group) is 1. The zero-order valence-electron chi connectivity index (χ0n) is 11.1. The Hall–Kier alpha value is -1.63. The maximum absolute atomic E-state index is 11.6. The van der Waals surface area contributed by atoms with E-state index in [0.29, 0.717) is 19.0 Å². The largest absolute Gasteiger partial charge is 0.481 e. The van der Waals surface area contributed by atoms with Crippen molar-refractivity contribution in [1.29, 1.82) is 0 Å². The third-order valence-corrected chi connectivity index (χ3v) is 2.77. The van der Waals surface area contributed by atoms with E-state index >= 15 is 0 Å². The van der Waals surface area contributed by atoms with Gasteiger partial charge in [-0.05, 0) is 25.8 Å². The van der Waals surface area contributed by atoms with Crippen LogP contribution in [0.5, 0.6) is 0 Å². The lowest BCUT2D eigenvalue weighted by Gasteiger charge is -2.17. The Labute approximate surface area is 112 Å². The number of nitrogens with one attached hydrogen (secondary N) is 2. The number of carboxylic acids is 1. The number of aliphatic carboxylic acids is 1.